The second kappa shape index (κ2) is 7.35. The molecule has 0 unspecified atom stereocenters. The number of hydrogen-bond donors (Lipinski definition) is 2. The van der Waals surface area contributed by atoms with Crippen molar-refractivity contribution in [3.8, 4) is 0 Å². The van der Waals surface area contributed by atoms with Gasteiger partial charge in [-0.3, -0.25) is 0 Å². The molecule has 1 aliphatic heterocycles. The minimum absolute atomic E-state index is 0.441. The largest absolute Gasteiger partial charge is 0.385 e. The van der Waals surface area contributed by atoms with Gasteiger partial charge in [0.1, 0.15) is 0 Å². The fraction of sp³-hybridized carbons (Fsp3) is 0.714. The summed E-state index contributed by atoms with van der Waals surface area (Å²) in [6.07, 6.45) is 7.50. The van der Waals surface area contributed by atoms with Crippen molar-refractivity contribution in [1.29, 1.82) is 0 Å². The Bertz CT molecular complexity index is 534. The highest BCUT2D eigenvalue weighted by Crippen LogP contribution is 2.33. The van der Waals surface area contributed by atoms with Crippen molar-refractivity contribution in [1.82, 2.24) is 0 Å². The SMILES string of the molecule is Cc1cc(N2CCC(C)(C)CC2)ccc1NCC1CCC(N)CC1. The first-order valence-corrected chi connectivity index (χ1v) is 9.78. The zero-order valence-electron chi connectivity index (χ0n) is 15.8. The number of benzene rings is 1. The third-order valence-corrected chi connectivity index (χ3v) is 6.16. The van der Waals surface area contributed by atoms with Crippen molar-refractivity contribution >= 4 is 11.4 Å². The van der Waals surface area contributed by atoms with Gasteiger partial charge in [0.2, 0.25) is 0 Å². The normalized spacial score (nSPS) is 27.1. The Balaban J connectivity index is 1.55. The summed E-state index contributed by atoms with van der Waals surface area (Å²) >= 11 is 0. The van der Waals surface area contributed by atoms with Gasteiger partial charge in [-0.05, 0) is 80.5 Å². The van der Waals surface area contributed by atoms with Gasteiger partial charge in [0, 0.05) is 37.1 Å². The Hall–Kier alpha value is -1.22. The van der Waals surface area contributed by atoms with E-state index in [2.05, 4.69) is 49.2 Å². The Kier molecular flexibility index (Phi) is 5.39. The summed E-state index contributed by atoms with van der Waals surface area (Å²) in [4.78, 5) is 2.55. The lowest BCUT2D eigenvalue weighted by molar-refractivity contribution is 0.280. The smallest absolute Gasteiger partial charge is 0.0371 e. The summed E-state index contributed by atoms with van der Waals surface area (Å²) in [5.74, 6) is 0.785. The minimum Gasteiger partial charge on any atom is -0.385 e. The van der Waals surface area contributed by atoms with E-state index < -0.39 is 0 Å². The van der Waals surface area contributed by atoms with E-state index in [1.54, 1.807) is 0 Å². The third-order valence-electron chi connectivity index (χ3n) is 6.16. The molecule has 1 saturated carbocycles. The Labute approximate surface area is 148 Å². The summed E-state index contributed by atoms with van der Waals surface area (Å²) in [6, 6.07) is 7.37. The standard InChI is InChI=1S/C21H35N3/c1-16-14-19(24-12-10-21(2,3)11-13-24)8-9-20(16)23-15-17-4-6-18(22)7-5-17/h8-9,14,17-18,23H,4-7,10-13,15,22H2,1-3H3. The van der Waals surface area contributed by atoms with Crippen LogP contribution in [0.3, 0.4) is 0 Å². The molecule has 134 valence electrons. The van der Waals surface area contributed by atoms with Crippen LogP contribution in [-0.4, -0.2) is 25.7 Å². The number of nitrogens with zero attached hydrogens (tertiary/aromatic N) is 1. The summed E-state index contributed by atoms with van der Waals surface area (Å²) in [7, 11) is 0. The molecular formula is C21H35N3. The molecule has 1 saturated heterocycles. The zero-order chi connectivity index (χ0) is 17.2. The van der Waals surface area contributed by atoms with Crippen molar-refractivity contribution in [3.63, 3.8) is 0 Å². The molecule has 1 aliphatic carbocycles. The highest BCUT2D eigenvalue weighted by atomic mass is 15.1. The molecule has 3 nitrogen and oxygen atoms in total. The average Bonchev–Trinajstić information content (AvgIpc) is 2.55. The molecule has 0 amide bonds. The first kappa shape index (κ1) is 17.6. The van der Waals surface area contributed by atoms with Crippen LogP contribution in [0.1, 0.15) is 57.9 Å². The first-order valence-electron chi connectivity index (χ1n) is 9.78. The molecule has 2 fully saturated rings. The van der Waals surface area contributed by atoms with Gasteiger partial charge in [-0.25, -0.2) is 0 Å². The third kappa shape index (κ3) is 4.44. The summed E-state index contributed by atoms with van der Waals surface area (Å²) in [6.45, 7) is 10.5. The Morgan fingerprint density at radius 3 is 2.42 bits per heavy atom. The van der Waals surface area contributed by atoms with Gasteiger partial charge in [-0.1, -0.05) is 13.8 Å². The molecule has 0 aromatic heterocycles. The van der Waals surface area contributed by atoms with Gasteiger partial charge in [-0.2, -0.15) is 0 Å². The quantitative estimate of drug-likeness (QED) is 0.851. The second-order valence-corrected chi connectivity index (χ2v) is 8.81. The van der Waals surface area contributed by atoms with E-state index in [1.807, 2.05) is 0 Å². The lowest BCUT2D eigenvalue weighted by atomic mass is 9.82. The molecule has 0 atom stereocenters. The monoisotopic (exact) mass is 329 g/mol. The Morgan fingerprint density at radius 2 is 1.79 bits per heavy atom. The van der Waals surface area contributed by atoms with Gasteiger partial charge in [-0.15, -0.1) is 0 Å². The lowest BCUT2D eigenvalue weighted by Crippen LogP contribution is -2.37. The summed E-state index contributed by atoms with van der Waals surface area (Å²) in [5.41, 5.74) is 10.6. The molecule has 3 N–H and O–H groups in total. The number of anilines is 2. The van der Waals surface area contributed by atoms with Crippen LogP contribution >= 0.6 is 0 Å². The van der Waals surface area contributed by atoms with E-state index in [4.69, 9.17) is 5.73 Å². The van der Waals surface area contributed by atoms with Crippen molar-refractivity contribution < 1.29 is 0 Å². The van der Waals surface area contributed by atoms with Crippen molar-refractivity contribution in [2.75, 3.05) is 29.9 Å². The van der Waals surface area contributed by atoms with Gasteiger partial charge in [0.25, 0.3) is 0 Å². The molecule has 1 aromatic rings. The number of rotatable bonds is 4. The van der Waals surface area contributed by atoms with Gasteiger partial charge < -0.3 is 16.0 Å². The highest BCUT2D eigenvalue weighted by Gasteiger charge is 2.25. The fourth-order valence-corrected chi connectivity index (χ4v) is 4.06. The minimum atomic E-state index is 0.441. The van der Waals surface area contributed by atoms with Crippen molar-refractivity contribution in [2.45, 2.75) is 65.3 Å². The maximum absolute atomic E-state index is 6.01. The van der Waals surface area contributed by atoms with E-state index in [-0.39, 0.29) is 0 Å². The Morgan fingerprint density at radius 1 is 1.12 bits per heavy atom. The van der Waals surface area contributed by atoms with E-state index in [0.717, 1.165) is 12.5 Å². The van der Waals surface area contributed by atoms with Crippen molar-refractivity contribution in [2.24, 2.45) is 17.1 Å². The number of hydrogen-bond acceptors (Lipinski definition) is 3. The highest BCUT2D eigenvalue weighted by molar-refractivity contribution is 5.60. The van der Waals surface area contributed by atoms with E-state index in [9.17, 15) is 0 Å². The van der Waals surface area contributed by atoms with E-state index in [1.165, 1.54) is 68.6 Å². The molecule has 0 bridgehead atoms. The zero-order valence-corrected chi connectivity index (χ0v) is 15.8. The maximum atomic E-state index is 6.01. The molecule has 0 radical (unpaired) electrons. The van der Waals surface area contributed by atoms with Gasteiger partial charge >= 0.3 is 0 Å². The van der Waals surface area contributed by atoms with Crippen LogP contribution in [0, 0.1) is 18.3 Å². The lowest BCUT2D eigenvalue weighted by Gasteiger charge is -2.38. The molecular weight excluding hydrogens is 294 g/mol. The number of piperidine rings is 1. The van der Waals surface area contributed by atoms with Crippen LogP contribution < -0.4 is 16.0 Å². The van der Waals surface area contributed by atoms with Crippen LogP contribution in [0.4, 0.5) is 11.4 Å². The number of nitrogens with one attached hydrogen (secondary N) is 1. The van der Waals surface area contributed by atoms with Crippen LogP contribution in [0.5, 0.6) is 0 Å². The number of aryl methyl sites for hydroxylation is 1. The predicted molar refractivity (Wildman–Crippen MR) is 105 cm³/mol. The molecule has 3 rings (SSSR count). The molecule has 1 heterocycles. The van der Waals surface area contributed by atoms with E-state index >= 15 is 0 Å². The topological polar surface area (TPSA) is 41.3 Å². The number of nitrogens with two attached hydrogens (primary N) is 1. The summed E-state index contributed by atoms with van der Waals surface area (Å²) in [5, 5.41) is 3.68. The van der Waals surface area contributed by atoms with E-state index in [0.29, 0.717) is 11.5 Å². The first-order chi connectivity index (χ1) is 11.4. The molecule has 1 aromatic carbocycles. The van der Waals surface area contributed by atoms with Crippen LogP contribution in [-0.2, 0) is 0 Å². The van der Waals surface area contributed by atoms with Crippen LogP contribution in [0.2, 0.25) is 0 Å². The summed E-state index contributed by atoms with van der Waals surface area (Å²) < 4.78 is 0. The molecule has 3 heteroatoms. The fourth-order valence-electron chi connectivity index (χ4n) is 4.06. The van der Waals surface area contributed by atoms with Crippen molar-refractivity contribution in [3.05, 3.63) is 23.8 Å². The van der Waals surface area contributed by atoms with Crippen LogP contribution in [0.15, 0.2) is 18.2 Å². The van der Waals surface area contributed by atoms with Gasteiger partial charge in [0.05, 0.1) is 0 Å². The average molecular weight is 330 g/mol. The maximum Gasteiger partial charge on any atom is 0.0371 e. The predicted octanol–water partition coefficient (Wildman–Crippen LogP) is 4.55. The van der Waals surface area contributed by atoms with Crippen LogP contribution in [0.25, 0.3) is 0 Å². The molecule has 0 spiro atoms. The molecule has 2 aliphatic rings. The molecule has 24 heavy (non-hydrogen) atoms. The second-order valence-electron chi connectivity index (χ2n) is 8.81. The van der Waals surface area contributed by atoms with Gasteiger partial charge in [0.15, 0.2) is 0 Å².